The van der Waals surface area contributed by atoms with Gasteiger partial charge in [0.15, 0.2) is 0 Å². The first-order valence-electron chi connectivity index (χ1n) is 7.69. The van der Waals surface area contributed by atoms with E-state index < -0.39 is 0 Å². The Hall–Kier alpha value is -1.67. The highest BCUT2D eigenvalue weighted by Gasteiger charge is 2.18. The lowest BCUT2D eigenvalue weighted by atomic mass is 9.98. The molecule has 3 rings (SSSR count). The van der Waals surface area contributed by atoms with E-state index >= 15 is 0 Å². The third kappa shape index (κ3) is 3.33. The second-order valence-electron chi connectivity index (χ2n) is 5.92. The molecule has 2 aromatic carbocycles. The molecule has 1 aliphatic rings. The first kappa shape index (κ1) is 14.3. The second-order valence-corrected chi connectivity index (χ2v) is 6.30. The minimum absolute atomic E-state index is 0.838. The predicted molar refractivity (Wildman–Crippen MR) is 93.5 cm³/mol. The zero-order valence-electron chi connectivity index (χ0n) is 12.5. The third-order valence-electron chi connectivity index (χ3n) is 4.31. The van der Waals surface area contributed by atoms with Crippen molar-refractivity contribution in [1.82, 2.24) is 4.90 Å². The molecule has 2 aromatic rings. The molecule has 0 unspecified atom stereocenters. The molecular weight excluding hydrogens is 274 g/mol. The molecule has 0 aliphatic carbocycles. The molecule has 108 valence electrons. The van der Waals surface area contributed by atoms with Crippen LogP contribution in [0, 0.1) is 5.92 Å². The number of piperidine rings is 1. The Morgan fingerprint density at radius 2 is 1.48 bits per heavy atom. The molecule has 1 heterocycles. The first-order valence-corrected chi connectivity index (χ1v) is 8.09. The molecule has 2 heteroatoms. The normalized spacial score (nSPS) is 16.0. The van der Waals surface area contributed by atoms with Gasteiger partial charge in [-0.25, -0.2) is 0 Å². The summed E-state index contributed by atoms with van der Waals surface area (Å²) in [6.07, 6.45) is 2.50. The highest BCUT2D eigenvalue weighted by molar-refractivity contribution is 7.80. The van der Waals surface area contributed by atoms with Gasteiger partial charge in [0.25, 0.3) is 0 Å². The molecule has 0 bridgehead atoms. The van der Waals surface area contributed by atoms with Crippen LogP contribution in [0.15, 0.2) is 54.6 Å². The van der Waals surface area contributed by atoms with Gasteiger partial charge in [0.1, 0.15) is 4.99 Å². The zero-order valence-corrected chi connectivity index (χ0v) is 13.3. The average molecular weight is 295 g/mol. The van der Waals surface area contributed by atoms with Crippen LogP contribution in [0.25, 0.3) is 11.1 Å². The van der Waals surface area contributed by atoms with Gasteiger partial charge in [0, 0.05) is 18.7 Å². The minimum Gasteiger partial charge on any atom is -0.362 e. The summed E-state index contributed by atoms with van der Waals surface area (Å²) in [6.45, 7) is 4.52. The van der Waals surface area contributed by atoms with E-state index in [2.05, 4.69) is 60.4 Å². The molecule has 1 aliphatic heterocycles. The number of hydrogen-bond donors (Lipinski definition) is 0. The maximum atomic E-state index is 5.67. The summed E-state index contributed by atoms with van der Waals surface area (Å²) in [5.74, 6) is 0.838. The highest BCUT2D eigenvalue weighted by atomic mass is 32.1. The SMILES string of the molecule is CC1CCN(C(=S)c2ccc(-c3ccccc3)cc2)CC1. The third-order valence-corrected chi connectivity index (χ3v) is 4.80. The lowest BCUT2D eigenvalue weighted by Crippen LogP contribution is -2.37. The van der Waals surface area contributed by atoms with E-state index in [0.717, 1.165) is 24.0 Å². The van der Waals surface area contributed by atoms with Gasteiger partial charge in [-0.05, 0) is 29.9 Å². The van der Waals surface area contributed by atoms with Gasteiger partial charge in [-0.3, -0.25) is 0 Å². The van der Waals surface area contributed by atoms with E-state index in [9.17, 15) is 0 Å². The lowest BCUT2D eigenvalue weighted by Gasteiger charge is -2.32. The van der Waals surface area contributed by atoms with E-state index in [1.54, 1.807) is 0 Å². The van der Waals surface area contributed by atoms with E-state index in [1.165, 1.54) is 29.5 Å². The van der Waals surface area contributed by atoms with Gasteiger partial charge >= 0.3 is 0 Å². The van der Waals surface area contributed by atoms with Crippen molar-refractivity contribution in [3.8, 4) is 11.1 Å². The fraction of sp³-hybridized carbons (Fsp3) is 0.316. The molecule has 0 atom stereocenters. The monoisotopic (exact) mass is 295 g/mol. The fourth-order valence-corrected chi connectivity index (χ4v) is 3.15. The van der Waals surface area contributed by atoms with E-state index in [1.807, 2.05) is 6.07 Å². The summed E-state index contributed by atoms with van der Waals surface area (Å²) in [5.41, 5.74) is 3.66. The van der Waals surface area contributed by atoms with Crippen LogP contribution in [0.4, 0.5) is 0 Å². The standard InChI is InChI=1S/C19H21NS/c1-15-11-13-20(14-12-15)19(21)18-9-7-17(8-10-18)16-5-3-2-4-6-16/h2-10,15H,11-14H2,1H3. The van der Waals surface area contributed by atoms with Crippen molar-refractivity contribution in [2.75, 3.05) is 13.1 Å². The van der Waals surface area contributed by atoms with Crippen LogP contribution in [-0.2, 0) is 0 Å². The molecule has 0 spiro atoms. The van der Waals surface area contributed by atoms with Gasteiger partial charge in [-0.1, -0.05) is 73.7 Å². The molecule has 1 saturated heterocycles. The molecule has 1 nitrogen and oxygen atoms in total. The largest absolute Gasteiger partial charge is 0.362 e. The van der Waals surface area contributed by atoms with Crippen molar-refractivity contribution in [3.05, 3.63) is 60.2 Å². The lowest BCUT2D eigenvalue weighted by molar-refractivity contribution is 0.284. The molecule has 0 saturated carbocycles. The van der Waals surface area contributed by atoms with E-state index in [0.29, 0.717) is 0 Å². The minimum atomic E-state index is 0.838. The number of benzene rings is 2. The molecule has 21 heavy (non-hydrogen) atoms. The highest BCUT2D eigenvalue weighted by Crippen LogP contribution is 2.22. The maximum absolute atomic E-state index is 5.67. The molecule has 1 fully saturated rings. The number of rotatable bonds is 2. The molecular formula is C19H21NS. The van der Waals surface area contributed by atoms with Crippen LogP contribution in [0.1, 0.15) is 25.3 Å². The van der Waals surface area contributed by atoms with Crippen molar-refractivity contribution < 1.29 is 0 Å². The van der Waals surface area contributed by atoms with Gasteiger partial charge in [-0.15, -0.1) is 0 Å². The Bertz CT molecular complexity index is 595. The van der Waals surface area contributed by atoms with Crippen LogP contribution >= 0.6 is 12.2 Å². The van der Waals surface area contributed by atoms with E-state index in [-0.39, 0.29) is 0 Å². The number of nitrogens with zero attached hydrogens (tertiary/aromatic N) is 1. The van der Waals surface area contributed by atoms with Gasteiger partial charge in [0.2, 0.25) is 0 Å². The Balaban J connectivity index is 1.73. The maximum Gasteiger partial charge on any atom is 0.109 e. The molecule has 0 radical (unpaired) electrons. The van der Waals surface area contributed by atoms with Crippen LogP contribution in [0.3, 0.4) is 0 Å². The first-order chi connectivity index (χ1) is 10.2. The van der Waals surface area contributed by atoms with Crippen molar-refractivity contribution in [2.24, 2.45) is 5.92 Å². The van der Waals surface area contributed by atoms with Crippen molar-refractivity contribution in [3.63, 3.8) is 0 Å². The number of likely N-dealkylation sites (tertiary alicyclic amines) is 1. The Labute approximate surface area is 132 Å². The summed E-state index contributed by atoms with van der Waals surface area (Å²) in [6, 6.07) is 19.1. The Kier molecular flexibility index (Phi) is 4.35. The predicted octanol–water partition coefficient (Wildman–Crippen LogP) is 4.76. The number of hydrogen-bond acceptors (Lipinski definition) is 1. The second kappa shape index (κ2) is 6.40. The quantitative estimate of drug-likeness (QED) is 0.735. The summed E-state index contributed by atoms with van der Waals surface area (Å²) < 4.78 is 0. The molecule has 0 aromatic heterocycles. The van der Waals surface area contributed by atoms with Gasteiger partial charge < -0.3 is 4.90 Å². The Morgan fingerprint density at radius 1 is 0.905 bits per heavy atom. The number of thiocarbonyl (C=S) groups is 1. The van der Waals surface area contributed by atoms with Crippen LogP contribution in [0.2, 0.25) is 0 Å². The topological polar surface area (TPSA) is 3.24 Å². The van der Waals surface area contributed by atoms with E-state index in [4.69, 9.17) is 12.2 Å². The summed E-state index contributed by atoms with van der Waals surface area (Å²) in [4.78, 5) is 3.36. The van der Waals surface area contributed by atoms with Crippen molar-refractivity contribution in [2.45, 2.75) is 19.8 Å². The van der Waals surface area contributed by atoms with Gasteiger partial charge in [0.05, 0.1) is 0 Å². The van der Waals surface area contributed by atoms with Gasteiger partial charge in [-0.2, -0.15) is 0 Å². The smallest absolute Gasteiger partial charge is 0.109 e. The van der Waals surface area contributed by atoms with Crippen molar-refractivity contribution in [1.29, 1.82) is 0 Å². The summed E-state index contributed by atoms with van der Waals surface area (Å²) >= 11 is 5.67. The Morgan fingerprint density at radius 3 is 2.10 bits per heavy atom. The fourth-order valence-electron chi connectivity index (χ4n) is 2.83. The van der Waals surface area contributed by atoms with Crippen molar-refractivity contribution >= 4 is 17.2 Å². The summed E-state index contributed by atoms with van der Waals surface area (Å²) in [5, 5.41) is 0. The zero-order chi connectivity index (χ0) is 14.7. The van der Waals surface area contributed by atoms with Crippen LogP contribution in [0.5, 0.6) is 0 Å². The summed E-state index contributed by atoms with van der Waals surface area (Å²) in [7, 11) is 0. The molecule has 0 amide bonds. The van der Waals surface area contributed by atoms with Crippen LogP contribution < -0.4 is 0 Å². The van der Waals surface area contributed by atoms with Crippen LogP contribution in [-0.4, -0.2) is 23.0 Å². The molecule has 0 N–H and O–H groups in total. The average Bonchev–Trinajstić information content (AvgIpc) is 2.56.